The molecule has 0 heterocycles. The molecule has 1 rings (SSSR count). The summed E-state index contributed by atoms with van der Waals surface area (Å²) in [6.07, 6.45) is 0. The Kier molecular flexibility index (Phi) is 4.14. The van der Waals surface area contributed by atoms with Crippen LogP contribution in [0, 0.1) is 5.82 Å². The number of anilines is 2. The van der Waals surface area contributed by atoms with Crippen molar-refractivity contribution in [2.24, 2.45) is 0 Å². The van der Waals surface area contributed by atoms with E-state index in [0.717, 1.165) is 6.07 Å². The van der Waals surface area contributed by atoms with E-state index in [4.69, 9.17) is 27.5 Å². The molecule has 0 fully saturated rings. The second kappa shape index (κ2) is 5.16. The van der Waals surface area contributed by atoms with Crippen LogP contribution in [0.3, 0.4) is 0 Å². The molecule has 84 valence electrons. The second-order valence-corrected chi connectivity index (χ2v) is 3.47. The highest BCUT2D eigenvalue weighted by Crippen LogP contribution is 2.26. The van der Waals surface area contributed by atoms with Gasteiger partial charge in [0.1, 0.15) is 5.82 Å². The van der Waals surface area contributed by atoms with Gasteiger partial charge in [0, 0.05) is 6.07 Å². The maximum Gasteiger partial charge on any atom is 0.143 e. The second-order valence-electron chi connectivity index (χ2n) is 3.06. The van der Waals surface area contributed by atoms with Gasteiger partial charge in [-0.2, -0.15) is 0 Å². The molecule has 0 amide bonds. The van der Waals surface area contributed by atoms with Crippen molar-refractivity contribution in [2.45, 2.75) is 6.04 Å². The van der Waals surface area contributed by atoms with Crippen molar-refractivity contribution in [1.29, 1.82) is 0 Å². The standard InChI is InChI=1S/C9H12ClFN2O2/c10-6-1-8(12)9(2-7(6)11)13-5(3-14)4-15/h1-2,5,13-15H,3-4,12H2. The molecular formula is C9H12ClFN2O2. The Hall–Kier alpha value is -1.04. The molecule has 0 aliphatic rings. The van der Waals surface area contributed by atoms with E-state index in [1.165, 1.54) is 6.07 Å². The summed E-state index contributed by atoms with van der Waals surface area (Å²) in [7, 11) is 0. The topological polar surface area (TPSA) is 78.5 Å². The summed E-state index contributed by atoms with van der Waals surface area (Å²) in [5, 5.41) is 20.3. The Bertz CT molecular complexity index is 345. The van der Waals surface area contributed by atoms with E-state index in [9.17, 15) is 4.39 Å². The van der Waals surface area contributed by atoms with Crippen molar-refractivity contribution in [3.63, 3.8) is 0 Å². The lowest BCUT2D eigenvalue weighted by molar-refractivity contribution is 0.204. The normalized spacial score (nSPS) is 10.7. The molecule has 15 heavy (non-hydrogen) atoms. The van der Waals surface area contributed by atoms with Crippen molar-refractivity contribution in [3.05, 3.63) is 23.0 Å². The van der Waals surface area contributed by atoms with Crippen LogP contribution < -0.4 is 11.1 Å². The molecular weight excluding hydrogens is 223 g/mol. The van der Waals surface area contributed by atoms with Crippen molar-refractivity contribution in [1.82, 2.24) is 0 Å². The van der Waals surface area contributed by atoms with Gasteiger partial charge in [-0.3, -0.25) is 0 Å². The Morgan fingerprint density at radius 2 is 2.00 bits per heavy atom. The first-order chi connectivity index (χ1) is 7.08. The number of rotatable bonds is 4. The van der Waals surface area contributed by atoms with Crippen molar-refractivity contribution < 1.29 is 14.6 Å². The number of hydrogen-bond donors (Lipinski definition) is 4. The highest BCUT2D eigenvalue weighted by Gasteiger charge is 2.10. The lowest BCUT2D eigenvalue weighted by Crippen LogP contribution is -2.28. The van der Waals surface area contributed by atoms with Crippen molar-refractivity contribution in [3.8, 4) is 0 Å². The summed E-state index contributed by atoms with van der Waals surface area (Å²) in [5.74, 6) is -0.608. The summed E-state index contributed by atoms with van der Waals surface area (Å²) < 4.78 is 13.1. The molecule has 0 saturated carbocycles. The zero-order valence-electron chi connectivity index (χ0n) is 7.87. The minimum Gasteiger partial charge on any atom is -0.397 e. The Morgan fingerprint density at radius 1 is 1.40 bits per heavy atom. The molecule has 0 aliphatic heterocycles. The van der Waals surface area contributed by atoms with Gasteiger partial charge in [0.05, 0.1) is 35.7 Å². The molecule has 1 aromatic carbocycles. The van der Waals surface area contributed by atoms with Gasteiger partial charge in [0.15, 0.2) is 0 Å². The Labute approximate surface area is 91.5 Å². The number of halogens is 2. The van der Waals surface area contributed by atoms with Gasteiger partial charge in [-0.1, -0.05) is 11.6 Å². The summed E-state index contributed by atoms with van der Waals surface area (Å²) in [6.45, 7) is -0.555. The largest absolute Gasteiger partial charge is 0.397 e. The van der Waals surface area contributed by atoms with E-state index >= 15 is 0 Å². The zero-order valence-corrected chi connectivity index (χ0v) is 8.63. The van der Waals surface area contributed by atoms with Crippen LogP contribution in [0.2, 0.25) is 5.02 Å². The van der Waals surface area contributed by atoms with Crippen molar-refractivity contribution in [2.75, 3.05) is 24.3 Å². The van der Waals surface area contributed by atoms with E-state index in [2.05, 4.69) is 5.32 Å². The molecule has 0 radical (unpaired) electrons. The van der Waals surface area contributed by atoms with Gasteiger partial charge in [-0.25, -0.2) is 4.39 Å². The van der Waals surface area contributed by atoms with Crippen LogP contribution in [0.5, 0.6) is 0 Å². The lowest BCUT2D eigenvalue weighted by Gasteiger charge is -2.16. The van der Waals surface area contributed by atoms with E-state index in [-0.39, 0.29) is 23.9 Å². The smallest absolute Gasteiger partial charge is 0.143 e. The number of nitrogens with two attached hydrogens (primary N) is 1. The summed E-state index contributed by atoms with van der Waals surface area (Å²) in [6, 6.07) is 1.81. The molecule has 0 atom stereocenters. The predicted octanol–water partition coefficient (Wildman–Crippen LogP) is 0.826. The van der Waals surface area contributed by atoms with Gasteiger partial charge in [-0.15, -0.1) is 0 Å². The fourth-order valence-corrected chi connectivity index (χ4v) is 1.23. The maximum absolute atomic E-state index is 13.1. The average Bonchev–Trinajstić information content (AvgIpc) is 2.21. The van der Waals surface area contributed by atoms with E-state index in [1.807, 2.05) is 0 Å². The van der Waals surface area contributed by atoms with Gasteiger partial charge < -0.3 is 21.3 Å². The monoisotopic (exact) mass is 234 g/mol. The zero-order chi connectivity index (χ0) is 11.4. The number of hydrogen-bond acceptors (Lipinski definition) is 4. The first-order valence-electron chi connectivity index (χ1n) is 4.31. The van der Waals surface area contributed by atoms with Gasteiger partial charge >= 0.3 is 0 Å². The number of nitrogens with one attached hydrogen (secondary N) is 1. The molecule has 0 aromatic heterocycles. The number of nitrogen functional groups attached to an aromatic ring is 1. The fourth-order valence-electron chi connectivity index (χ4n) is 1.06. The van der Waals surface area contributed by atoms with Crippen LogP contribution in [-0.4, -0.2) is 29.5 Å². The quantitative estimate of drug-likeness (QED) is 0.582. The molecule has 0 aliphatic carbocycles. The van der Waals surface area contributed by atoms with Crippen LogP contribution in [0.15, 0.2) is 12.1 Å². The SMILES string of the molecule is Nc1cc(Cl)c(F)cc1NC(CO)CO. The third-order valence-corrected chi connectivity index (χ3v) is 2.18. The summed E-state index contributed by atoms with van der Waals surface area (Å²) in [5.41, 5.74) is 6.13. The maximum atomic E-state index is 13.1. The molecule has 0 spiro atoms. The van der Waals surface area contributed by atoms with Crippen LogP contribution in [0.25, 0.3) is 0 Å². The highest BCUT2D eigenvalue weighted by atomic mass is 35.5. The van der Waals surface area contributed by atoms with E-state index in [0.29, 0.717) is 5.69 Å². The molecule has 1 aromatic rings. The molecule has 0 saturated heterocycles. The molecule has 6 heteroatoms. The predicted molar refractivity (Wildman–Crippen MR) is 57.4 cm³/mol. The highest BCUT2D eigenvalue weighted by molar-refractivity contribution is 6.31. The first-order valence-corrected chi connectivity index (χ1v) is 4.69. The Morgan fingerprint density at radius 3 is 2.53 bits per heavy atom. The average molecular weight is 235 g/mol. The Balaban J connectivity index is 2.89. The van der Waals surface area contributed by atoms with E-state index < -0.39 is 11.9 Å². The molecule has 5 N–H and O–H groups in total. The number of benzene rings is 1. The van der Waals surface area contributed by atoms with Crippen LogP contribution in [0.1, 0.15) is 0 Å². The molecule has 4 nitrogen and oxygen atoms in total. The van der Waals surface area contributed by atoms with Crippen LogP contribution in [-0.2, 0) is 0 Å². The third-order valence-electron chi connectivity index (χ3n) is 1.89. The van der Waals surface area contributed by atoms with Gasteiger partial charge in [0.25, 0.3) is 0 Å². The number of aliphatic hydroxyl groups is 2. The lowest BCUT2D eigenvalue weighted by atomic mass is 10.2. The molecule has 0 bridgehead atoms. The summed E-state index contributed by atoms with van der Waals surface area (Å²) in [4.78, 5) is 0. The van der Waals surface area contributed by atoms with Crippen LogP contribution in [0.4, 0.5) is 15.8 Å². The summed E-state index contributed by atoms with van der Waals surface area (Å²) >= 11 is 5.51. The third kappa shape index (κ3) is 2.95. The number of aliphatic hydroxyl groups excluding tert-OH is 2. The fraction of sp³-hybridized carbons (Fsp3) is 0.333. The van der Waals surface area contributed by atoms with E-state index in [1.54, 1.807) is 0 Å². The van der Waals surface area contributed by atoms with Crippen molar-refractivity contribution >= 4 is 23.0 Å². The van der Waals surface area contributed by atoms with Gasteiger partial charge in [0.2, 0.25) is 0 Å². The minimum absolute atomic E-state index is 0.0670. The molecule has 0 unspecified atom stereocenters. The first kappa shape index (κ1) is 12.0. The van der Waals surface area contributed by atoms with Crippen LogP contribution >= 0.6 is 11.6 Å². The van der Waals surface area contributed by atoms with Gasteiger partial charge in [-0.05, 0) is 6.07 Å². The minimum atomic E-state index is -0.608.